The fourth-order valence-corrected chi connectivity index (χ4v) is 2.71. The van der Waals surface area contributed by atoms with Gasteiger partial charge in [0.15, 0.2) is 0 Å². The molecular weight excluding hydrogens is 331 g/mol. The van der Waals surface area contributed by atoms with E-state index in [1.165, 1.54) is 29.5 Å². The number of anilines is 1. The quantitative estimate of drug-likeness (QED) is 0.839. The third-order valence-electron chi connectivity index (χ3n) is 3.35. The van der Waals surface area contributed by atoms with E-state index in [-0.39, 0.29) is 11.5 Å². The van der Waals surface area contributed by atoms with E-state index < -0.39 is 23.7 Å². The zero-order chi connectivity index (χ0) is 17.7. The van der Waals surface area contributed by atoms with E-state index in [9.17, 15) is 14.0 Å². The summed E-state index contributed by atoms with van der Waals surface area (Å²) in [4.78, 5) is 24.7. The van der Waals surface area contributed by atoms with Crippen LogP contribution in [0.15, 0.2) is 24.3 Å². The van der Waals surface area contributed by atoms with Crippen LogP contribution in [0.3, 0.4) is 0 Å². The molecule has 0 radical (unpaired) electrons. The number of rotatable bonds is 6. The number of nitrogens with zero attached hydrogens (tertiary/aromatic N) is 2. The molecule has 2 rings (SSSR count). The Kier molecular flexibility index (Phi) is 5.97. The summed E-state index contributed by atoms with van der Waals surface area (Å²) in [5.41, 5.74) is -0.0971. The molecule has 0 aliphatic rings. The summed E-state index contributed by atoms with van der Waals surface area (Å²) >= 11 is 1.28. The first-order valence-electron chi connectivity index (χ1n) is 7.61. The minimum Gasteiger partial charge on any atom is -0.340 e. The van der Waals surface area contributed by atoms with Crippen LogP contribution in [-0.4, -0.2) is 28.1 Å². The second-order valence-corrected chi connectivity index (χ2v) is 6.58. The van der Waals surface area contributed by atoms with Gasteiger partial charge in [0.05, 0.1) is 5.56 Å². The van der Waals surface area contributed by atoms with Crippen molar-refractivity contribution in [2.75, 3.05) is 5.32 Å². The van der Waals surface area contributed by atoms with Crippen molar-refractivity contribution in [2.45, 2.75) is 33.2 Å². The first-order valence-corrected chi connectivity index (χ1v) is 8.42. The van der Waals surface area contributed by atoms with Crippen LogP contribution in [-0.2, 0) is 11.2 Å². The van der Waals surface area contributed by atoms with E-state index in [1.807, 2.05) is 6.92 Å². The third-order valence-corrected chi connectivity index (χ3v) is 4.34. The average molecular weight is 350 g/mol. The summed E-state index contributed by atoms with van der Waals surface area (Å²) in [7, 11) is 0. The van der Waals surface area contributed by atoms with Crippen molar-refractivity contribution in [1.82, 2.24) is 15.5 Å². The number of hydrogen-bond acceptors (Lipinski definition) is 5. The number of carbonyl (C=O) groups is 2. The Morgan fingerprint density at radius 3 is 2.54 bits per heavy atom. The molecule has 6 nitrogen and oxygen atoms in total. The van der Waals surface area contributed by atoms with Gasteiger partial charge in [-0.25, -0.2) is 4.39 Å². The number of carbonyl (C=O) groups excluding carboxylic acids is 2. The number of aromatic nitrogens is 2. The summed E-state index contributed by atoms with van der Waals surface area (Å²) in [5, 5.41) is 14.2. The lowest BCUT2D eigenvalue weighted by Gasteiger charge is -2.21. The smallest absolute Gasteiger partial charge is 0.254 e. The molecule has 1 aromatic heterocycles. The van der Waals surface area contributed by atoms with Crippen LogP contribution >= 0.6 is 11.3 Å². The lowest BCUT2D eigenvalue weighted by atomic mass is 10.0. The van der Waals surface area contributed by atoms with Crippen molar-refractivity contribution in [3.63, 3.8) is 0 Å². The van der Waals surface area contributed by atoms with Crippen molar-refractivity contribution in [2.24, 2.45) is 5.92 Å². The molecule has 2 N–H and O–H groups in total. The Balaban J connectivity index is 2.09. The van der Waals surface area contributed by atoms with E-state index in [2.05, 4.69) is 20.8 Å². The second kappa shape index (κ2) is 7.96. The molecule has 0 fully saturated rings. The molecule has 128 valence electrons. The van der Waals surface area contributed by atoms with Gasteiger partial charge in [0, 0.05) is 0 Å². The minimum atomic E-state index is -0.814. The van der Waals surface area contributed by atoms with Gasteiger partial charge in [-0.3, -0.25) is 14.9 Å². The van der Waals surface area contributed by atoms with Gasteiger partial charge >= 0.3 is 0 Å². The Labute approximate surface area is 143 Å². The maximum Gasteiger partial charge on any atom is 0.254 e. The Morgan fingerprint density at radius 1 is 1.25 bits per heavy atom. The van der Waals surface area contributed by atoms with Gasteiger partial charge in [-0.15, -0.1) is 10.2 Å². The molecule has 0 aliphatic heterocycles. The molecule has 1 atom stereocenters. The van der Waals surface area contributed by atoms with Crippen LogP contribution in [0.4, 0.5) is 9.52 Å². The zero-order valence-electron chi connectivity index (χ0n) is 13.7. The van der Waals surface area contributed by atoms with E-state index >= 15 is 0 Å². The predicted octanol–water partition coefficient (Wildman–Crippen LogP) is 2.63. The number of hydrogen-bond donors (Lipinski definition) is 2. The monoisotopic (exact) mass is 350 g/mol. The highest BCUT2D eigenvalue weighted by Crippen LogP contribution is 2.17. The zero-order valence-corrected chi connectivity index (χ0v) is 14.5. The van der Waals surface area contributed by atoms with Gasteiger partial charge in [-0.05, 0) is 24.5 Å². The molecule has 0 saturated carbocycles. The first kappa shape index (κ1) is 18.0. The molecule has 2 amide bonds. The predicted molar refractivity (Wildman–Crippen MR) is 90.4 cm³/mol. The molecule has 8 heteroatoms. The van der Waals surface area contributed by atoms with E-state index in [1.54, 1.807) is 19.9 Å². The fraction of sp³-hybridized carbons (Fsp3) is 0.375. The number of halogens is 1. The molecule has 1 unspecified atom stereocenters. The van der Waals surface area contributed by atoms with Gasteiger partial charge in [0.1, 0.15) is 16.9 Å². The third kappa shape index (κ3) is 4.35. The highest BCUT2D eigenvalue weighted by atomic mass is 32.1. The summed E-state index contributed by atoms with van der Waals surface area (Å²) < 4.78 is 13.7. The minimum absolute atomic E-state index is 0.0971. The maximum atomic E-state index is 13.7. The summed E-state index contributed by atoms with van der Waals surface area (Å²) in [6.45, 7) is 5.53. The molecule has 0 saturated heterocycles. The Bertz CT molecular complexity index is 732. The SMILES string of the molecule is CCc1nnc(NC(=O)C(NC(=O)c2ccccc2F)C(C)C)s1. The molecule has 2 aromatic rings. The van der Waals surface area contributed by atoms with Crippen LogP contribution in [0, 0.1) is 11.7 Å². The van der Waals surface area contributed by atoms with Crippen LogP contribution in [0.1, 0.15) is 36.1 Å². The van der Waals surface area contributed by atoms with E-state index in [4.69, 9.17) is 0 Å². The van der Waals surface area contributed by atoms with Gasteiger partial charge in [0.2, 0.25) is 11.0 Å². The Hall–Kier alpha value is -2.35. The van der Waals surface area contributed by atoms with Crippen LogP contribution in [0.5, 0.6) is 0 Å². The number of aryl methyl sites for hydroxylation is 1. The van der Waals surface area contributed by atoms with Crippen molar-refractivity contribution in [3.05, 3.63) is 40.7 Å². The van der Waals surface area contributed by atoms with E-state index in [0.717, 1.165) is 11.4 Å². The van der Waals surface area contributed by atoms with Gasteiger partial charge in [0.25, 0.3) is 5.91 Å². The largest absolute Gasteiger partial charge is 0.340 e. The first-order chi connectivity index (χ1) is 11.4. The molecule has 0 bridgehead atoms. The highest BCUT2D eigenvalue weighted by Gasteiger charge is 2.26. The van der Waals surface area contributed by atoms with Crippen LogP contribution < -0.4 is 10.6 Å². The lowest BCUT2D eigenvalue weighted by Crippen LogP contribution is -2.47. The number of amides is 2. The van der Waals surface area contributed by atoms with Gasteiger partial charge < -0.3 is 5.32 Å². The van der Waals surface area contributed by atoms with Crippen molar-refractivity contribution >= 4 is 28.3 Å². The second-order valence-electron chi connectivity index (χ2n) is 5.52. The average Bonchev–Trinajstić information content (AvgIpc) is 3.00. The fourth-order valence-electron chi connectivity index (χ4n) is 2.03. The summed E-state index contributed by atoms with van der Waals surface area (Å²) in [6.07, 6.45) is 0.727. The molecular formula is C16H19FN4O2S. The molecule has 24 heavy (non-hydrogen) atoms. The normalized spacial score (nSPS) is 12.0. The molecule has 0 aliphatic carbocycles. The number of nitrogens with one attached hydrogen (secondary N) is 2. The number of benzene rings is 1. The topological polar surface area (TPSA) is 84.0 Å². The summed E-state index contributed by atoms with van der Waals surface area (Å²) in [5.74, 6) is -1.85. The van der Waals surface area contributed by atoms with Gasteiger partial charge in [-0.1, -0.05) is 44.2 Å². The summed E-state index contributed by atoms with van der Waals surface area (Å²) in [6, 6.07) is 4.83. The molecule has 1 heterocycles. The Morgan fingerprint density at radius 2 is 1.96 bits per heavy atom. The van der Waals surface area contributed by atoms with Crippen molar-refractivity contribution < 1.29 is 14.0 Å². The molecule has 1 aromatic carbocycles. The van der Waals surface area contributed by atoms with Gasteiger partial charge in [-0.2, -0.15) is 0 Å². The van der Waals surface area contributed by atoms with Crippen LogP contribution in [0.2, 0.25) is 0 Å². The highest BCUT2D eigenvalue weighted by molar-refractivity contribution is 7.15. The van der Waals surface area contributed by atoms with E-state index in [0.29, 0.717) is 5.13 Å². The standard InChI is InChI=1S/C16H19FN4O2S/c1-4-12-20-21-16(24-12)19-15(23)13(9(2)3)18-14(22)10-7-5-6-8-11(10)17/h5-9,13H,4H2,1-3H3,(H,18,22)(H,19,21,23). The van der Waals surface area contributed by atoms with Crippen LogP contribution in [0.25, 0.3) is 0 Å². The van der Waals surface area contributed by atoms with Crippen molar-refractivity contribution in [3.8, 4) is 0 Å². The maximum absolute atomic E-state index is 13.7. The van der Waals surface area contributed by atoms with Crippen molar-refractivity contribution in [1.29, 1.82) is 0 Å². The lowest BCUT2D eigenvalue weighted by molar-refractivity contribution is -0.118. The molecule has 0 spiro atoms.